The lowest BCUT2D eigenvalue weighted by Crippen LogP contribution is -2.36. The van der Waals surface area contributed by atoms with Crippen LogP contribution in [0.4, 0.5) is 0 Å². The molecule has 25 heavy (non-hydrogen) atoms. The van der Waals surface area contributed by atoms with E-state index in [2.05, 4.69) is 10.4 Å². The first-order chi connectivity index (χ1) is 11.9. The van der Waals surface area contributed by atoms with Crippen LogP contribution in [0.15, 0.2) is 30.3 Å². The fourth-order valence-corrected chi connectivity index (χ4v) is 2.61. The monoisotopic (exact) mass is 343 g/mol. The predicted octanol–water partition coefficient (Wildman–Crippen LogP) is 2.95. The molecular formula is C19H25N3O3. The van der Waals surface area contributed by atoms with Gasteiger partial charge in [-0.2, -0.15) is 5.10 Å². The van der Waals surface area contributed by atoms with Gasteiger partial charge in [0.1, 0.15) is 0 Å². The Bertz CT molecular complexity index is 731. The first kappa shape index (κ1) is 18.7. The first-order valence-corrected chi connectivity index (χ1v) is 8.54. The van der Waals surface area contributed by atoms with Gasteiger partial charge >= 0.3 is 5.97 Å². The quantitative estimate of drug-likeness (QED) is 0.785. The average Bonchev–Trinajstić information content (AvgIpc) is 2.96. The summed E-state index contributed by atoms with van der Waals surface area (Å²) in [5.74, 6) is -0.791. The Morgan fingerprint density at radius 3 is 2.32 bits per heavy atom. The normalized spacial score (nSPS) is 10.8. The van der Waals surface area contributed by atoms with Gasteiger partial charge in [-0.05, 0) is 57.0 Å². The fraction of sp³-hybridized carbons (Fsp3) is 0.421. The average molecular weight is 343 g/mol. The molecule has 0 saturated carbocycles. The fourth-order valence-electron chi connectivity index (χ4n) is 2.61. The molecule has 1 heterocycles. The Kier molecular flexibility index (Phi) is 6.33. The molecule has 6 nitrogen and oxygen atoms in total. The molecule has 0 aliphatic heterocycles. The second-order valence-corrected chi connectivity index (χ2v) is 6.04. The minimum Gasteiger partial charge on any atom is -0.452 e. The molecule has 1 aromatic heterocycles. The number of rotatable bonds is 7. The van der Waals surface area contributed by atoms with Gasteiger partial charge in [-0.3, -0.25) is 4.79 Å². The van der Waals surface area contributed by atoms with E-state index < -0.39 is 5.97 Å². The summed E-state index contributed by atoms with van der Waals surface area (Å²) in [6, 6.07) is 9.06. The second kappa shape index (κ2) is 8.46. The van der Waals surface area contributed by atoms with Crippen LogP contribution in [0.25, 0.3) is 5.69 Å². The highest BCUT2D eigenvalue weighted by molar-refractivity contribution is 5.91. The number of nitrogens with one attached hydrogen (secondary N) is 1. The van der Waals surface area contributed by atoms with Gasteiger partial charge in [-0.15, -0.1) is 0 Å². The maximum atomic E-state index is 12.1. The number of carbonyl (C=O) groups is 2. The molecule has 0 fully saturated rings. The number of nitrogens with zero attached hydrogens (tertiary/aromatic N) is 2. The van der Waals surface area contributed by atoms with Crippen molar-refractivity contribution in [1.29, 1.82) is 0 Å². The molecule has 6 heteroatoms. The van der Waals surface area contributed by atoms with E-state index in [1.165, 1.54) is 0 Å². The summed E-state index contributed by atoms with van der Waals surface area (Å²) < 4.78 is 6.89. The van der Waals surface area contributed by atoms with Crippen molar-refractivity contribution in [3.63, 3.8) is 0 Å². The van der Waals surface area contributed by atoms with Gasteiger partial charge in [0, 0.05) is 11.7 Å². The van der Waals surface area contributed by atoms with Crippen molar-refractivity contribution in [2.75, 3.05) is 6.61 Å². The molecule has 2 aromatic rings. The topological polar surface area (TPSA) is 73.2 Å². The highest BCUT2D eigenvalue weighted by Crippen LogP contribution is 2.13. The van der Waals surface area contributed by atoms with E-state index in [0.29, 0.717) is 5.56 Å². The summed E-state index contributed by atoms with van der Waals surface area (Å²) in [5.41, 5.74) is 3.23. The summed E-state index contributed by atoms with van der Waals surface area (Å²) in [6.07, 6.45) is 1.70. The number of esters is 1. The molecule has 2 rings (SSSR count). The van der Waals surface area contributed by atoms with Crippen LogP contribution in [0.2, 0.25) is 0 Å². The number of benzene rings is 1. The molecule has 134 valence electrons. The van der Waals surface area contributed by atoms with Crippen molar-refractivity contribution in [1.82, 2.24) is 15.1 Å². The van der Waals surface area contributed by atoms with Gasteiger partial charge < -0.3 is 10.1 Å². The molecule has 0 atom stereocenters. The number of carbonyl (C=O) groups excluding carboxylic acids is 2. The maximum Gasteiger partial charge on any atom is 0.338 e. The maximum absolute atomic E-state index is 12.1. The SMILES string of the molecule is CCC(CC)NC(=O)COC(=O)c1ccc(-n2nc(C)cc2C)cc1. The minimum atomic E-state index is -0.514. The number of hydrogen-bond acceptors (Lipinski definition) is 4. The molecule has 1 aromatic carbocycles. The Labute approximate surface area is 148 Å². The molecule has 1 N–H and O–H groups in total. The van der Waals surface area contributed by atoms with Crippen molar-refractivity contribution in [3.05, 3.63) is 47.3 Å². The first-order valence-electron chi connectivity index (χ1n) is 8.54. The second-order valence-electron chi connectivity index (χ2n) is 6.04. The van der Waals surface area contributed by atoms with Crippen molar-refractivity contribution in [3.8, 4) is 5.69 Å². The third-order valence-electron chi connectivity index (χ3n) is 4.04. The van der Waals surface area contributed by atoms with Crippen LogP contribution >= 0.6 is 0 Å². The lowest BCUT2D eigenvalue weighted by Gasteiger charge is -2.14. The molecule has 0 spiro atoms. The third kappa shape index (κ3) is 4.92. The smallest absolute Gasteiger partial charge is 0.338 e. The molecule has 0 aliphatic rings. The summed E-state index contributed by atoms with van der Waals surface area (Å²) in [4.78, 5) is 23.9. The van der Waals surface area contributed by atoms with E-state index in [1.807, 2.05) is 38.4 Å². The van der Waals surface area contributed by atoms with Gasteiger partial charge in [0.05, 0.1) is 16.9 Å². The molecule has 0 bridgehead atoms. The van der Waals surface area contributed by atoms with Gasteiger partial charge in [-0.25, -0.2) is 9.48 Å². The van der Waals surface area contributed by atoms with E-state index in [4.69, 9.17) is 4.74 Å². The van der Waals surface area contributed by atoms with Crippen molar-refractivity contribution >= 4 is 11.9 Å². The van der Waals surface area contributed by atoms with Crippen LogP contribution in [0.5, 0.6) is 0 Å². The minimum absolute atomic E-state index is 0.117. The summed E-state index contributed by atoms with van der Waals surface area (Å²) in [6.45, 7) is 7.65. The Hall–Kier alpha value is -2.63. The van der Waals surface area contributed by atoms with E-state index in [1.54, 1.807) is 24.3 Å². The summed E-state index contributed by atoms with van der Waals surface area (Å²) in [5, 5.41) is 7.24. The molecule has 1 amide bonds. The van der Waals surface area contributed by atoms with Crippen LogP contribution in [0.3, 0.4) is 0 Å². The molecule has 0 unspecified atom stereocenters. The highest BCUT2D eigenvalue weighted by atomic mass is 16.5. The summed E-state index contributed by atoms with van der Waals surface area (Å²) >= 11 is 0. The van der Waals surface area contributed by atoms with Crippen molar-refractivity contribution in [2.24, 2.45) is 0 Å². The number of hydrogen-bond donors (Lipinski definition) is 1. The van der Waals surface area contributed by atoms with Crippen LogP contribution in [-0.4, -0.2) is 34.3 Å². The molecule has 0 saturated heterocycles. The van der Waals surface area contributed by atoms with Gasteiger partial charge in [0.2, 0.25) is 0 Å². The van der Waals surface area contributed by atoms with E-state index in [9.17, 15) is 9.59 Å². The predicted molar refractivity (Wildman–Crippen MR) is 95.8 cm³/mol. The van der Waals surface area contributed by atoms with Crippen LogP contribution in [0, 0.1) is 13.8 Å². The summed E-state index contributed by atoms with van der Waals surface area (Å²) in [7, 11) is 0. The van der Waals surface area contributed by atoms with Crippen LogP contribution < -0.4 is 5.32 Å². The molecule has 0 radical (unpaired) electrons. The van der Waals surface area contributed by atoms with Gasteiger partial charge in [0.25, 0.3) is 5.91 Å². The Morgan fingerprint density at radius 1 is 1.16 bits per heavy atom. The molecular weight excluding hydrogens is 318 g/mol. The molecule has 0 aliphatic carbocycles. The zero-order valence-corrected chi connectivity index (χ0v) is 15.2. The van der Waals surface area contributed by atoms with Gasteiger partial charge in [-0.1, -0.05) is 13.8 Å². The number of ether oxygens (including phenoxy) is 1. The largest absolute Gasteiger partial charge is 0.452 e. The highest BCUT2D eigenvalue weighted by Gasteiger charge is 2.13. The lowest BCUT2D eigenvalue weighted by atomic mass is 10.2. The number of aryl methyl sites for hydroxylation is 2. The number of aromatic nitrogens is 2. The van der Waals surface area contributed by atoms with Crippen molar-refractivity contribution in [2.45, 2.75) is 46.6 Å². The third-order valence-corrected chi connectivity index (χ3v) is 4.04. The van der Waals surface area contributed by atoms with Crippen LogP contribution in [-0.2, 0) is 9.53 Å². The lowest BCUT2D eigenvalue weighted by molar-refractivity contribution is -0.125. The Balaban J connectivity index is 1.94. The van der Waals surface area contributed by atoms with E-state index in [0.717, 1.165) is 29.9 Å². The Morgan fingerprint density at radius 2 is 1.80 bits per heavy atom. The van der Waals surface area contributed by atoms with Crippen LogP contribution in [0.1, 0.15) is 48.4 Å². The van der Waals surface area contributed by atoms with Crippen molar-refractivity contribution < 1.29 is 14.3 Å². The van der Waals surface area contributed by atoms with E-state index >= 15 is 0 Å². The zero-order valence-electron chi connectivity index (χ0n) is 15.2. The zero-order chi connectivity index (χ0) is 18.4. The standard InChI is InChI=1S/C19H25N3O3/c1-5-16(6-2)20-18(23)12-25-19(24)15-7-9-17(10-8-15)22-14(4)11-13(3)21-22/h7-11,16H,5-6,12H2,1-4H3,(H,20,23). The van der Waals surface area contributed by atoms with E-state index in [-0.39, 0.29) is 18.6 Å². The van der Waals surface area contributed by atoms with Gasteiger partial charge in [0.15, 0.2) is 6.61 Å². The number of amides is 1.